The zero-order chi connectivity index (χ0) is 18.0. The predicted molar refractivity (Wildman–Crippen MR) is 98.3 cm³/mol. The Kier molecular flexibility index (Phi) is 4.91. The molecule has 0 aromatic heterocycles. The lowest BCUT2D eigenvalue weighted by atomic mass is 9.89. The number of hydrogen-bond acceptors (Lipinski definition) is 3. The average Bonchev–Trinajstić information content (AvgIpc) is 2.52. The van der Waals surface area contributed by atoms with Gasteiger partial charge in [-0.05, 0) is 56.7 Å². The largest absolute Gasteiger partial charge is 0.487 e. The molecule has 0 bridgehead atoms. The van der Waals surface area contributed by atoms with Crippen LogP contribution in [0.3, 0.4) is 0 Å². The van der Waals surface area contributed by atoms with Gasteiger partial charge in [-0.15, -0.1) is 0 Å². The van der Waals surface area contributed by atoms with Crippen LogP contribution in [0.25, 0.3) is 0 Å². The summed E-state index contributed by atoms with van der Waals surface area (Å²) in [5.74, 6) is 1.28. The number of carbonyl (C=O) groups is 1. The molecule has 2 aromatic carbocycles. The smallest absolute Gasteiger partial charge is 0.258 e. The number of amides is 1. The third-order valence-corrected chi connectivity index (χ3v) is 4.40. The normalized spacial score (nSPS) is 18.0. The number of aryl methyl sites for hydroxylation is 1. The average molecular weight is 360 g/mol. The first-order chi connectivity index (χ1) is 11.8. The van der Waals surface area contributed by atoms with E-state index in [4.69, 9.17) is 21.1 Å². The third-order valence-electron chi connectivity index (χ3n) is 4.15. The molecule has 0 unspecified atom stereocenters. The number of ether oxygens (including phenoxy) is 2. The molecule has 0 saturated carbocycles. The summed E-state index contributed by atoms with van der Waals surface area (Å²) in [6, 6.07) is 12.9. The van der Waals surface area contributed by atoms with Gasteiger partial charge < -0.3 is 14.8 Å². The van der Waals surface area contributed by atoms with Crippen LogP contribution in [0.5, 0.6) is 11.5 Å². The summed E-state index contributed by atoms with van der Waals surface area (Å²) in [5.41, 5.74) is 1.80. The first-order valence-electron chi connectivity index (χ1n) is 8.30. The van der Waals surface area contributed by atoms with E-state index in [0.29, 0.717) is 17.2 Å². The minimum absolute atomic E-state index is 0.0411. The molecule has 0 saturated heterocycles. The van der Waals surface area contributed by atoms with Gasteiger partial charge >= 0.3 is 0 Å². The van der Waals surface area contributed by atoms with E-state index in [1.165, 1.54) is 0 Å². The summed E-state index contributed by atoms with van der Waals surface area (Å²) in [6.07, 6.45) is 0.704. The zero-order valence-corrected chi connectivity index (χ0v) is 15.4. The number of carbonyl (C=O) groups excluding carboxylic acids is 1. The van der Waals surface area contributed by atoms with E-state index in [1.54, 1.807) is 24.3 Å². The molecular formula is C20H22ClNO3. The van der Waals surface area contributed by atoms with Gasteiger partial charge in [-0.25, -0.2) is 0 Å². The lowest BCUT2D eigenvalue weighted by molar-refractivity contribution is -0.124. The van der Waals surface area contributed by atoms with E-state index in [9.17, 15) is 4.79 Å². The molecule has 1 amide bonds. The predicted octanol–water partition coefficient (Wildman–Crippen LogP) is 4.45. The lowest BCUT2D eigenvalue weighted by Crippen LogP contribution is -2.42. The summed E-state index contributed by atoms with van der Waals surface area (Å²) in [6.45, 7) is 6.04. The van der Waals surface area contributed by atoms with Crippen molar-refractivity contribution in [2.45, 2.75) is 38.8 Å². The first-order valence-corrected chi connectivity index (χ1v) is 8.67. The number of rotatable bonds is 4. The van der Waals surface area contributed by atoms with Crippen molar-refractivity contribution in [3.8, 4) is 11.5 Å². The van der Waals surface area contributed by atoms with Crippen LogP contribution in [0.2, 0.25) is 5.02 Å². The van der Waals surface area contributed by atoms with Crippen molar-refractivity contribution in [1.82, 2.24) is 5.32 Å². The molecule has 25 heavy (non-hydrogen) atoms. The fourth-order valence-electron chi connectivity index (χ4n) is 3.00. The Morgan fingerprint density at radius 3 is 2.72 bits per heavy atom. The molecule has 5 heteroatoms. The Morgan fingerprint density at radius 1 is 1.28 bits per heavy atom. The van der Waals surface area contributed by atoms with Gasteiger partial charge in [-0.2, -0.15) is 0 Å². The maximum atomic E-state index is 12.3. The van der Waals surface area contributed by atoms with Crippen LogP contribution in [0.4, 0.5) is 0 Å². The summed E-state index contributed by atoms with van der Waals surface area (Å²) in [5, 5.41) is 3.69. The van der Waals surface area contributed by atoms with Gasteiger partial charge in [0, 0.05) is 17.0 Å². The van der Waals surface area contributed by atoms with Crippen LogP contribution in [-0.2, 0) is 4.79 Å². The molecule has 0 spiro atoms. The second kappa shape index (κ2) is 6.96. The van der Waals surface area contributed by atoms with Gasteiger partial charge in [0.15, 0.2) is 6.61 Å². The minimum Gasteiger partial charge on any atom is -0.487 e. The molecule has 1 aliphatic heterocycles. The molecular weight excluding hydrogens is 338 g/mol. The molecule has 0 fully saturated rings. The van der Waals surface area contributed by atoms with Crippen molar-refractivity contribution in [2.75, 3.05) is 6.61 Å². The third kappa shape index (κ3) is 4.45. The maximum absolute atomic E-state index is 12.3. The molecule has 0 radical (unpaired) electrons. The van der Waals surface area contributed by atoms with Crippen molar-refractivity contribution >= 4 is 17.5 Å². The highest BCUT2D eigenvalue weighted by molar-refractivity contribution is 6.30. The van der Waals surface area contributed by atoms with Crippen molar-refractivity contribution in [3.05, 3.63) is 58.6 Å². The summed E-state index contributed by atoms with van der Waals surface area (Å²) in [4.78, 5) is 12.3. The van der Waals surface area contributed by atoms with E-state index < -0.39 is 0 Å². The van der Waals surface area contributed by atoms with E-state index >= 15 is 0 Å². The molecule has 4 nitrogen and oxygen atoms in total. The van der Waals surface area contributed by atoms with Crippen LogP contribution < -0.4 is 14.8 Å². The van der Waals surface area contributed by atoms with E-state index in [-0.39, 0.29) is 24.2 Å². The quantitative estimate of drug-likeness (QED) is 0.877. The highest BCUT2D eigenvalue weighted by atomic mass is 35.5. The minimum atomic E-state index is -0.338. The van der Waals surface area contributed by atoms with Gasteiger partial charge in [-0.3, -0.25) is 4.79 Å². The van der Waals surface area contributed by atoms with Crippen LogP contribution in [-0.4, -0.2) is 18.1 Å². The standard InChI is InChI=1S/C20H22ClNO3/c1-13-4-9-16-17(11-20(2,3)25-18(16)10-13)22-19(23)12-24-15-7-5-14(21)6-8-15/h4-10,17H,11-12H2,1-3H3,(H,22,23)/t17-/m0/s1. The molecule has 132 valence electrons. The van der Waals surface area contributed by atoms with Gasteiger partial charge in [-0.1, -0.05) is 23.7 Å². The van der Waals surface area contributed by atoms with Gasteiger partial charge in [0.25, 0.3) is 5.91 Å². The Hall–Kier alpha value is -2.20. The molecule has 1 atom stereocenters. The zero-order valence-electron chi connectivity index (χ0n) is 14.6. The number of fused-ring (bicyclic) bond motifs is 1. The summed E-state index contributed by atoms with van der Waals surface area (Å²) >= 11 is 5.84. The van der Waals surface area contributed by atoms with Crippen LogP contribution in [0.1, 0.15) is 37.4 Å². The number of benzene rings is 2. The topological polar surface area (TPSA) is 47.6 Å². The second-order valence-electron chi connectivity index (χ2n) is 6.97. The fraction of sp³-hybridized carbons (Fsp3) is 0.350. The van der Waals surface area contributed by atoms with Crippen molar-refractivity contribution in [2.24, 2.45) is 0 Å². The monoisotopic (exact) mass is 359 g/mol. The second-order valence-corrected chi connectivity index (χ2v) is 7.41. The fourth-order valence-corrected chi connectivity index (χ4v) is 3.13. The maximum Gasteiger partial charge on any atom is 0.258 e. The first kappa shape index (κ1) is 17.6. The van der Waals surface area contributed by atoms with Crippen molar-refractivity contribution in [3.63, 3.8) is 0 Å². The Morgan fingerprint density at radius 2 is 2.00 bits per heavy atom. The number of hydrogen-bond donors (Lipinski definition) is 1. The van der Waals surface area contributed by atoms with Crippen molar-refractivity contribution in [1.29, 1.82) is 0 Å². The van der Waals surface area contributed by atoms with Crippen molar-refractivity contribution < 1.29 is 14.3 Å². The van der Waals surface area contributed by atoms with Gasteiger partial charge in [0.2, 0.25) is 0 Å². The summed E-state index contributed by atoms with van der Waals surface area (Å²) < 4.78 is 11.6. The van der Waals surface area contributed by atoms with E-state index in [2.05, 4.69) is 5.32 Å². The highest BCUT2D eigenvalue weighted by Gasteiger charge is 2.34. The van der Waals surface area contributed by atoms with Crippen LogP contribution >= 0.6 is 11.6 Å². The molecule has 1 N–H and O–H groups in total. The molecule has 1 heterocycles. The van der Waals surface area contributed by atoms with Gasteiger partial charge in [0.1, 0.15) is 17.1 Å². The lowest BCUT2D eigenvalue weighted by Gasteiger charge is -2.38. The SMILES string of the molecule is Cc1ccc2c(c1)OC(C)(C)C[C@@H]2NC(=O)COc1ccc(Cl)cc1. The number of nitrogens with one attached hydrogen (secondary N) is 1. The van der Waals surface area contributed by atoms with Gasteiger partial charge in [0.05, 0.1) is 6.04 Å². The van der Waals surface area contributed by atoms with E-state index in [1.807, 2.05) is 39.0 Å². The Bertz CT molecular complexity index is 771. The van der Waals surface area contributed by atoms with Crippen LogP contribution in [0, 0.1) is 6.92 Å². The Balaban J connectivity index is 1.67. The van der Waals surface area contributed by atoms with Crippen LogP contribution in [0.15, 0.2) is 42.5 Å². The molecule has 2 aromatic rings. The molecule has 3 rings (SSSR count). The highest BCUT2D eigenvalue weighted by Crippen LogP contribution is 2.39. The molecule has 0 aliphatic carbocycles. The summed E-state index contributed by atoms with van der Waals surface area (Å²) in [7, 11) is 0. The molecule has 1 aliphatic rings. The van der Waals surface area contributed by atoms with E-state index in [0.717, 1.165) is 16.9 Å². The Labute approximate surface area is 153 Å². The number of halogens is 1.